The van der Waals surface area contributed by atoms with E-state index in [-0.39, 0.29) is 38.6 Å². The predicted octanol–water partition coefficient (Wildman–Crippen LogP) is 12.6. The van der Waals surface area contributed by atoms with Crippen molar-refractivity contribution in [3.8, 4) is 0 Å². The van der Waals surface area contributed by atoms with Crippen LogP contribution in [0.1, 0.15) is 194 Å². The van der Waals surface area contributed by atoms with Crippen molar-refractivity contribution >= 4 is 17.9 Å². The summed E-state index contributed by atoms with van der Waals surface area (Å²) in [6.07, 6.45) is 53.6. The first kappa shape index (κ1) is 59.7. The standard InChI is InChI=1S/C54H93NO8/c1-6-8-10-12-14-16-18-20-22-23-24-25-26-27-28-29-31-33-35-37-39-41-43-45-52(57)63-50(49-62-54(53(58)59)60-47-46-55(3,4)5)48-61-51(56)44-42-40-38-36-34-32-30-21-19-17-15-13-11-9-7-2/h8,10,14,16,20,22,24-25,27-28,31,33,50,54H,6-7,9,11-13,15,17-19,21,23,26,29-30,32,34-49H2,1-5H3/b10-8-,16-14-,22-20-,25-24-,28-27-,33-31-. The number of carbonyl (C=O) groups is 3. The van der Waals surface area contributed by atoms with Crippen LogP contribution in [0.3, 0.4) is 0 Å². The van der Waals surface area contributed by atoms with Gasteiger partial charge in [-0.1, -0.05) is 189 Å². The van der Waals surface area contributed by atoms with Gasteiger partial charge < -0.3 is 33.3 Å². The predicted molar refractivity (Wildman–Crippen MR) is 260 cm³/mol. The molecule has 0 bridgehead atoms. The molecule has 0 spiro atoms. The fourth-order valence-electron chi connectivity index (χ4n) is 6.60. The van der Waals surface area contributed by atoms with Crippen LogP contribution in [-0.2, 0) is 33.3 Å². The minimum atomic E-state index is -1.63. The number of carboxylic acid groups (broad SMARTS) is 1. The third kappa shape index (κ3) is 46.5. The molecule has 0 aliphatic carbocycles. The Labute approximate surface area is 386 Å². The lowest BCUT2D eigenvalue weighted by atomic mass is 10.0. The SMILES string of the molecule is CC/C=C\C/C=C\C/C=C\C/C=C\C/C=C\C/C=C\CCCCCCC(=O)OC(COC(=O)CCCCCCCCCCCCCCCCC)COC(OCC[N+](C)(C)C)C(=O)[O-]. The normalized spacial score (nSPS) is 13.5. The molecule has 2 atom stereocenters. The Morgan fingerprint density at radius 2 is 0.905 bits per heavy atom. The van der Waals surface area contributed by atoms with Crippen molar-refractivity contribution in [2.24, 2.45) is 0 Å². The van der Waals surface area contributed by atoms with Crippen molar-refractivity contribution in [3.05, 3.63) is 72.9 Å². The maximum atomic E-state index is 12.8. The van der Waals surface area contributed by atoms with Gasteiger partial charge in [0.15, 0.2) is 12.4 Å². The average Bonchev–Trinajstić information content (AvgIpc) is 3.24. The maximum Gasteiger partial charge on any atom is 0.306 e. The smallest absolute Gasteiger partial charge is 0.306 e. The summed E-state index contributed by atoms with van der Waals surface area (Å²) >= 11 is 0. The van der Waals surface area contributed by atoms with Crippen LogP contribution in [0.5, 0.6) is 0 Å². The van der Waals surface area contributed by atoms with E-state index in [0.717, 1.165) is 83.5 Å². The van der Waals surface area contributed by atoms with Crippen molar-refractivity contribution in [1.82, 2.24) is 0 Å². The van der Waals surface area contributed by atoms with E-state index >= 15 is 0 Å². The molecule has 0 aliphatic rings. The molecule has 0 aromatic rings. The molecule has 0 aromatic carbocycles. The molecule has 362 valence electrons. The molecule has 0 radical (unpaired) electrons. The maximum absolute atomic E-state index is 12.8. The highest BCUT2D eigenvalue weighted by Gasteiger charge is 2.21. The molecular formula is C54H93NO8. The Bertz CT molecular complexity index is 1260. The number of ether oxygens (including phenoxy) is 4. The van der Waals surface area contributed by atoms with Crippen LogP contribution in [0, 0.1) is 0 Å². The van der Waals surface area contributed by atoms with E-state index in [2.05, 4.69) is 86.8 Å². The van der Waals surface area contributed by atoms with Gasteiger partial charge in [-0.15, -0.1) is 0 Å². The second-order valence-electron chi connectivity index (χ2n) is 17.7. The van der Waals surface area contributed by atoms with Gasteiger partial charge in [0.1, 0.15) is 13.2 Å². The zero-order chi connectivity index (χ0) is 46.3. The number of esters is 2. The fraction of sp³-hybridized carbons (Fsp3) is 0.722. The number of nitrogens with zero attached hydrogens (tertiary/aromatic N) is 1. The van der Waals surface area contributed by atoms with Crippen molar-refractivity contribution in [1.29, 1.82) is 0 Å². The molecule has 9 nitrogen and oxygen atoms in total. The second-order valence-corrected chi connectivity index (χ2v) is 17.7. The first-order valence-corrected chi connectivity index (χ1v) is 25.1. The lowest BCUT2D eigenvalue weighted by molar-refractivity contribution is -0.870. The van der Waals surface area contributed by atoms with Crippen LogP contribution >= 0.6 is 0 Å². The summed E-state index contributed by atoms with van der Waals surface area (Å²) in [5, 5.41) is 11.7. The second kappa shape index (κ2) is 45.3. The van der Waals surface area contributed by atoms with Crippen molar-refractivity contribution < 1.29 is 42.9 Å². The lowest BCUT2D eigenvalue weighted by Crippen LogP contribution is -2.44. The minimum absolute atomic E-state index is 0.140. The molecular weight excluding hydrogens is 791 g/mol. The molecule has 0 N–H and O–H groups in total. The number of carbonyl (C=O) groups excluding carboxylic acids is 3. The van der Waals surface area contributed by atoms with Crippen LogP contribution in [0.4, 0.5) is 0 Å². The van der Waals surface area contributed by atoms with Crippen LogP contribution in [0.15, 0.2) is 72.9 Å². The Morgan fingerprint density at radius 3 is 1.35 bits per heavy atom. The van der Waals surface area contributed by atoms with Crippen LogP contribution in [0.25, 0.3) is 0 Å². The Kier molecular flexibility index (Phi) is 43.0. The van der Waals surface area contributed by atoms with E-state index in [1.807, 2.05) is 21.1 Å². The number of aliphatic carboxylic acids is 1. The number of rotatable bonds is 45. The average molecular weight is 884 g/mol. The van der Waals surface area contributed by atoms with Gasteiger partial charge in [0.05, 0.1) is 40.3 Å². The van der Waals surface area contributed by atoms with E-state index in [1.54, 1.807) is 0 Å². The van der Waals surface area contributed by atoms with Gasteiger partial charge >= 0.3 is 11.9 Å². The molecule has 0 saturated heterocycles. The number of allylic oxidation sites excluding steroid dienone is 12. The summed E-state index contributed by atoms with van der Waals surface area (Å²) in [7, 11) is 5.90. The first-order valence-electron chi connectivity index (χ1n) is 25.1. The summed E-state index contributed by atoms with van der Waals surface area (Å²) in [5.41, 5.74) is 0. The van der Waals surface area contributed by atoms with Gasteiger partial charge in [0, 0.05) is 12.8 Å². The number of unbranched alkanes of at least 4 members (excludes halogenated alkanes) is 18. The highest BCUT2D eigenvalue weighted by molar-refractivity contribution is 5.70. The highest BCUT2D eigenvalue weighted by atomic mass is 16.7. The number of hydrogen-bond donors (Lipinski definition) is 0. The zero-order valence-corrected chi connectivity index (χ0v) is 40.9. The van der Waals surface area contributed by atoms with E-state index in [1.165, 1.54) is 77.0 Å². The molecule has 0 saturated carbocycles. The monoisotopic (exact) mass is 884 g/mol. The summed E-state index contributed by atoms with van der Waals surface area (Å²) < 4.78 is 22.6. The fourth-order valence-corrected chi connectivity index (χ4v) is 6.60. The Hall–Kier alpha value is -3.27. The van der Waals surface area contributed by atoms with Gasteiger partial charge in [-0.3, -0.25) is 9.59 Å². The third-order valence-electron chi connectivity index (χ3n) is 10.5. The summed E-state index contributed by atoms with van der Waals surface area (Å²) in [5.74, 6) is -2.32. The zero-order valence-electron chi connectivity index (χ0n) is 40.9. The van der Waals surface area contributed by atoms with Gasteiger partial charge in [-0.25, -0.2) is 0 Å². The quantitative estimate of drug-likeness (QED) is 0.0195. The highest BCUT2D eigenvalue weighted by Crippen LogP contribution is 2.15. The molecule has 63 heavy (non-hydrogen) atoms. The molecule has 9 heteroatoms. The van der Waals surface area contributed by atoms with E-state index in [0.29, 0.717) is 17.4 Å². The van der Waals surface area contributed by atoms with Crippen molar-refractivity contribution in [2.45, 2.75) is 206 Å². The molecule has 0 aromatic heterocycles. The molecule has 0 aliphatic heterocycles. The van der Waals surface area contributed by atoms with Gasteiger partial charge in [0.2, 0.25) is 0 Å². The minimum Gasteiger partial charge on any atom is -0.545 e. The number of hydrogen-bond acceptors (Lipinski definition) is 8. The van der Waals surface area contributed by atoms with Crippen LogP contribution in [0.2, 0.25) is 0 Å². The molecule has 0 rings (SSSR count). The molecule has 0 heterocycles. The summed E-state index contributed by atoms with van der Waals surface area (Å²) in [6, 6.07) is 0. The van der Waals surface area contributed by atoms with Gasteiger partial charge in [0.25, 0.3) is 0 Å². The van der Waals surface area contributed by atoms with Crippen molar-refractivity contribution in [3.63, 3.8) is 0 Å². The summed E-state index contributed by atoms with van der Waals surface area (Å²) in [6.45, 7) is 4.60. The van der Waals surface area contributed by atoms with Crippen LogP contribution < -0.4 is 5.11 Å². The molecule has 0 fully saturated rings. The number of likely N-dealkylation sites (N-methyl/N-ethyl adjacent to an activating group) is 1. The molecule has 0 amide bonds. The first-order chi connectivity index (χ1) is 30.6. The van der Waals surface area contributed by atoms with Gasteiger partial charge in [-0.05, 0) is 64.2 Å². The van der Waals surface area contributed by atoms with E-state index in [4.69, 9.17) is 18.9 Å². The van der Waals surface area contributed by atoms with Crippen molar-refractivity contribution in [2.75, 3.05) is 47.5 Å². The Morgan fingerprint density at radius 1 is 0.492 bits per heavy atom. The largest absolute Gasteiger partial charge is 0.545 e. The number of quaternary nitrogens is 1. The van der Waals surface area contributed by atoms with E-state index in [9.17, 15) is 19.5 Å². The summed E-state index contributed by atoms with van der Waals surface area (Å²) in [4.78, 5) is 37.1. The lowest BCUT2D eigenvalue weighted by Gasteiger charge is -2.26. The van der Waals surface area contributed by atoms with E-state index < -0.39 is 24.3 Å². The number of carboxylic acids is 1. The van der Waals surface area contributed by atoms with Gasteiger partial charge in [-0.2, -0.15) is 0 Å². The molecule has 2 unspecified atom stereocenters. The third-order valence-corrected chi connectivity index (χ3v) is 10.5. The Balaban J connectivity index is 4.42. The van der Waals surface area contributed by atoms with Crippen LogP contribution in [-0.4, -0.2) is 82.3 Å². The topological polar surface area (TPSA) is 111 Å².